The number of nitrogens with one attached hydrogen (secondary N) is 1. The van der Waals surface area contributed by atoms with Gasteiger partial charge in [-0.25, -0.2) is 4.98 Å². The van der Waals surface area contributed by atoms with Gasteiger partial charge in [0.05, 0.1) is 13.5 Å². The van der Waals surface area contributed by atoms with Gasteiger partial charge >= 0.3 is 0 Å². The minimum atomic E-state index is -0.603. The van der Waals surface area contributed by atoms with Gasteiger partial charge in [0.1, 0.15) is 6.04 Å². The molecule has 0 aromatic carbocycles. The highest BCUT2D eigenvalue weighted by molar-refractivity contribution is 6.06. The first kappa shape index (κ1) is 12.3. The quantitative estimate of drug-likeness (QED) is 0.758. The molecule has 1 fully saturated rings. The maximum Gasteiger partial charge on any atom is 0.252 e. The van der Waals surface area contributed by atoms with Crippen LogP contribution in [-0.2, 0) is 9.59 Å². The highest BCUT2D eigenvalue weighted by atomic mass is 16.5. The summed E-state index contributed by atoms with van der Waals surface area (Å²) < 4.78 is 5.02. The smallest absolute Gasteiger partial charge is 0.252 e. The summed E-state index contributed by atoms with van der Waals surface area (Å²) in [6.45, 7) is 1.79. The number of hydrogen-bond donors (Lipinski definition) is 1. The number of carbonyl (C=O) groups is 2. The van der Waals surface area contributed by atoms with Crippen molar-refractivity contribution < 1.29 is 14.3 Å². The Morgan fingerprint density at radius 1 is 1.44 bits per heavy atom. The number of likely N-dealkylation sites (tertiary alicyclic amines) is 1. The first-order valence-corrected chi connectivity index (χ1v) is 5.48. The molecule has 1 saturated heterocycles. The lowest BCUT2D eigenvalue weighted by atomic mass is 10.2. The molecule has 2 amide bonds. The van der Waals surface area contributed by atoms with E-state index in [0.717, 1.165) is 10.6 Å². The molecule has 96 valence electrons. The van der Waals surface area contributed by atoms with Crippen LogP contribution in [0.15, 0.2) is 6.07 Å². The standard InChI is InChI=1S/C11H14N4O3/c1-6-4-8(18-3)14-11(12-6)13-7-5-9(16)15(2)10(7)17/h4,7H,5H2,1-3H3,(H,12,13,14). The van der Waals surface area contributed by atoms with E-state index < -0.39 is 6.04 Å². The number of hydrogen-bond acceptors (Lipinski definition) is 6. The summed E-state index contributed by atoms with van der Waals surface area (Å²) in [4.78, 5) is 32.4. The fraction of sp³-hybridized carbons (Fsp3) is 0.455. The van der Waals surface area contributed by atoms with E-state index in [1.807, 2.05) is 0 Å². The van der Waals surface area contributed by atoms with Crippen LogP contribution in [0.4, 0.5) is 5.95 Å². The minimum absolute atomic E-state index is 0.120. The number of imide groups is 1. The van der Waals surface area contributed by atoms with Crippen molar-refractivity contribution in [3.63, 3.8) is 0 Å². The van der Waals surface area contributed by atoms with E-state index in [2.05, 4.69) is 15.3 Å². The molecule has 1 aromatic rings. The largest absolute Gasteiger partial charge is 0.481 e. The predicted octanol–water partition coefficient (Wildman–Crippen LogP) is -0.0372. The highest BCUT2D eigenvalue weighted by Crippen LogP contribution is 2.17. The average molecular weight is 250 g/mol. The SMILES string of the molecule is COc1cc(C)nc(NC2CC(=O)N(C)C2=O)n1. The zero-order chi connectivity index (χ0) is 13.3. The topological polar surface area (TPSA) is 84.4 Å². The van der Waals surface area contributed by atoms with Gasteiger partial charge in [-0.2, -0.15) is 4.98 Å². The van der Waals surface area contributed by atoms with Gasteiger partial charge in [0, 0.05) is 18.8 Å². The molecule has 1 unspecified atom stereocenters. The molecule has 0 spiro atoms. The number of aryl methyl sites for hydroxylation is 1. The average Bonchev–Trinajstić information content (AvgIpc) is 2.56. The zero-order valence-corrected chi connectivity index (χ0v) is 10.4. The van der Waals surface area contributed by atoms with E-state index in [4.69, 9.17) is 4.74 Å². The first-order valence-electron chi connectivity index (χ1n) is 5.48. The molecular formula is C11H14N4O3. The molecule has 2 rings (SSSR count). The summed E-state index contributed by atoms with van der Waals surface area (Å²) >= 11 is 0. The Bertz CT molecular complexity index is 503. The van der Waals surface area contributed by atoms with E-state index in [1.54, 1.807) is 13.0 Å². The van der Waals surface area contributed by atoms with Crippen LogP contribution in [0, 0.1) is 6.92 Å². The van der Waals surface area contributed by atoms with Crippen LogP contribution in [0.1, 0.15) is 12.1 Å². The lowest BCUT2D eigenvalue weighted by molar-refractivity contribution is -0.136. The van der Waals surface area contributed by atoms with Crippen LogP contribution in [0.2, 0.25) is 0 Å². The predicted molar refractivity (Wildman–Crippen MR) is 63.1 cm³/mol. The lowest BCUT2D eigenvalue weighted by Crippen LogP contribution is -2.32. The van der Waals surface area contributed by atoms with Gasteiger partial charge in [-0.3, -0.25) is 14.5 Å². The molecule has 0 saturated carbocycles. The number of anilines is 1. The van der Waals surface area contributed by atoms with Crippen molar-refractivity contribution in [3.8, 4) is 5.88 Å². The summed E-state index contributed by atoms with van der Waals surface area (Å²) in [7, 11) is 2.97. The third-order valence-corrected chi connectivity index (χ3v) is 2.72. The van der Waals surface area contributed by atoms with Crippen molar-refractivity contribution in [2.45, 2.75) is 19.4 Å². The van der Waals surface area contributed by atoms with Crippen molar-refractivity contribution in [2.75, 3.05) is 19.5 Å². The maximum atomic E-state index is 11.7. The van der Waals surface area contributed by atoms with Crippen LogP contribution in [-0.4, -0.2) is 46.9 Å². The number of aromatic nitrogens is 2. The minimum Gasteiger partial charge on any atom is -0.481 e. The second-order valence-electron chi connectivity index (χ2n) is 4.07. The molecule has 1 aromatic heterocycles. The van der Waals surface area contributed by atoms with E-state index in [9.17, 15) is 9.59 Å². The molecular weight excluding hydrogens is 236 g/mol. The van der Waals surface area contributed by atoms with Crippen LogP contribution in [0.25, 0.3) is 0 Å². The van der Waals surface area contributed by atoms with Gasteiger partial charge in [0.15, 0.2) is 0 Å². The number of nitrogens with zero attached hydrogens (tertiary/aromatic N) is 3. The number of rotatable bonds is 3. The fourth-order valence-corrected chi connectivity index (χ4v) is 1.73. The monoisotopic (exact) mass is 250 g/mol. The number of ether oxygens (including phenoxy) is 1. The van der Waals surface area contributed by atoms with Gasteiger partial charge in [-0.05, 0) is 6.92 Å². The van der Waals surface area contributed by atoms with Crippen LogP contribution in [0.3, 0.4) is 0 Å². The summed E-state index contributed by atoms with van der Waals surface area (Å²) in [6, 6.07) is 1.08. The number of methoxy groups -OCH3 is 1. The summed E-state index contributed by atoms with van der Waals surface area (Å²) in [6.07, 6.45) is 0.120. The molecule has 0 aliphatic carbocycles. The third-order valence-electron chi connectivity index (χ3n) is 2.72. The molecule has 7 nitrogen and oxygen atoms in total. The van der Waals surface area contributed by atoms with E-state index in [-0.39, 0.29) is 24.2 Å². The summed E-state index contributed by atoms with van der Waals surface area (Å²) in [5.41, 5.74) is 0.717. The summed E-state index contributed by atoms with van der Waals surface area (Å²) in [5, 5.41) is 2.85. The Hall–Kier alpha value is -2.18. The van der Waals surface area contributed by atoms with Crippen molar-refractivity contribution in [1.82, 2.24) is 14.9 Å². The Morgan fingerprint density at radius 2 is 2.17 bits per heavy atom. The van der Waals surface area contributed by atoms with Gasteiger partial charge in [0.2, 0.25) is 17.7 Å². The molecule has 1 aliphatic heterocycles. The van der Waals surface area contributed by atoms with Gasteiger partial charge in [-0.1, -0.05) is 0 Å². The van der Waals surface area contributed by atoms with Crippen molar-refractivity contribution in [2.24, 2.45) is 0 Å². The lowest BCUT2D eigenvalue weighted by Gasteiger charge is -2.11. The number of likely N-dealkylation sites (N-methyl/N-ethyl adjacent to an activating group) is 1. The van der Waals surface area contributed by atoms with Crippen molar-refractivity contribution >= 4 is 17.8 Å². The summed E-state index contributed by atoms with van der Waals surface area (Å²) in [5.74, 6) is 0.213. The molecule has 1 atom stereocenters. The zero-order valence-electron chi connectivity index (χ0n) is 10.4. The van der Waals surface area contributed by atoms with Crippen molar-refractivity contribution in [1.29, 1.82) is 0 Å². The van der Waals surface area contributed by atoms with Crippen molar-refractivity contribution in [3.05, 3.63) is 11.8 Å². The second kappa shape index (κ2) is 4.59. The first-order chi connectivity index (χ1) is 8.51. The number of carbonyl (C=O) groups excluding carboxylic acids is 2. The molecule has 0 bridgehead atoms. The molecule has 0 radical (unpaired) electrons. The molecule has 18 heavy (non-hydrogen) atoms. The Balaban J connectivity index is 2.17. The van der Waals surface area contributed by atoms with Crippen LogP contribution in [0.5, 0.6) is 5.88 Å². The van der Waals surface area contributed by atoms with Crippen LogP contribution >= 0.6 is 0 Å². The Morgan fingerprint density at radius 3 is 2.72 bits per heavy atom. The fourth-order valence-electron chi connectivity index (χ4n) is 1.73. The molecule has 7 heteroatoms. The molecule has 1 aliphatic rings. The van der Waals surface area contributed by atoms with Crippen LogP contribution < -0.4 is 10.1 Å². The van der Waals surface area contributed by atoms with E-state index in [1.165, 1.54) is 14.2 Å². The highest BCUT2D eigenvalue weighted by Gasteiger charge is 2.36. The Kier molecular flexibility index (Phi) is 3.14. The molecule has 1 N–H and O–H groups in total. The van der Waals surface area contributed by atoms with Gasteiger partial charge in [-0.15, -0.1) is 0 Å². The van der Waals surface area contributed by atoms with Gasteiger partial charge in [0.25, 0.3) is 5.91 Å². The maximum absolute atomic E-state index is 11.7. The second-order valence-corrected chi connectivity index (χ2v) is 4.07. The van der Waals surface area contributed by atoms with E-state index >= 15 is 0 Å². The third kappa shape index (κ3) is 2.24. The van der Waals surface area contributed by atoms with E-state index in [0.29, 0.717) is 5.88 Å². The Labute approximate surface area is 104 Å². The molecule has 2 heterocycles. The van der Waals surface area contributed by atoms with Gasteiger partial charge < -0.3 is 10.1 Å². The normalized spacial score (nSPS) is 19.3. The number of amides is 2.